The standard InChI is InChI=1S/C14H16ClN3OS3/c1-3-20-13-17-18-14(22-13)21-8-12(19)16-9(2)10-6-4-5-7-11(10)15/h4-7,9H,3,8H2,1-2H3,(H,16,19)/t9-/m1/s1. The molecule has 2 rings (SSSR count). The lowest BCUT2D eigenvalue weighted by Gasteiger charge is -2.15. The van der Waals surface area contributed by atoms with E-state index in [0.29, 0.717) is 10.8 Å². The number of aromatic nitrogens is 2. The zero-order valence-electron chi connectivity index (χ0n) is 12.2. The highest BCUT2D eigenvalue weighted by Gasteiger charge is 2.13. The van der Waals surface area contributed by atoms with Crippen molar-refractivity contribution < 1.29 is 4.79 Å². The average molecular weight is 374 g/mol. The molecule has 22 heavy (non-hydrogen) atoms. The van der Waals surface area contributed by atoms with E-state index in [-0.39, 0.29) is 11.9 Å². The molecule has 0 unspecified atom stereocenters. The summed E-state index contributed by atoms with van der Waals surface area (Å²) >= 11 is 10.7. The van der Waals surface area contributed by atoms with Gasteiger partial charge in [-0.15, -0.1) is 10.2 Å². The lowest BCUT2D eigenvalue weighted by atomic mass is 10.1. The molecule has 118 valence electrons. The van der Waals surface area contributed by atoms with Gasteiger partial charge in [-0.25, -0.2) is 0 Å². The van der Waals surface area contributed by atoms with Crippen molar-refractivity contribution in [2.24, 2.45) is 0 Å². The SMILES string of the molecule is CCSc1nnc(SCC(=O)N[C@H](C)c2ccccc2Cl)s1. The first-order valence-corrected chi connectivity index (χ1v) is 9.89. The van der Waals surface area contributed by atoms with Crippen molar-refractivity contribution >= 4 is 52.4 Å². The van der Waals surface area contributed by atoms with Gasteiger partial charge in [-0.1, -0.05) is 71.6 Å². The Morgan fingerprint density at radius 1 is 1.32 bits per heavy atom. The number of amides is 1. The van der Waals surface area contributed by atoms with Crippen LogP contribution in [-0.2, 0) is 4.79 Å². The molecule has 0 radical (unpaired) electrons. The predicted octanol–water partition coefficient (Wildman–Crippen LogP) is 4.27. The Hall–Kier alpha value is -0.760. The van der Waals surface area contributed by atoms with Crippen molar-refractivity contribution in [1.82, 2.24) is 15.5 Å². The van der Waals surface area contributed by atoms with Crippen molar-refractivity contribution in [3.05, 3.63) is 34.9 Å². The number of hydrogen-bond donors (Lipinski definition) is 1. The van der Waals surface area contributed by atoms with Crippen LogP contribution in [0.3, 0.4) is 0 Å². The van der Waals surface area contributed by atoms with Gasteiger partial charge in [-0.3, -0.25) is 4.79 Å². The van der Waals surface area contributed by atoms with Gasteiger partial charge in [0.2, 0.25) is 5.91 Å². The minimum atomic E-state index is -0.123. The third kappa shape index (κ3) is 5.15. The normalized spacial score (nSPS) is 12.1. The Balaban J connectivity index is 1.83. The Kier molecular flexibility index (Phi) is 7.01. The van der Waals surface area contributed by atoms with Gasteiger partial charge in [-0.2, -0.15) is 0 Å². The molecule has 0 bridgehead atoms. The van der Waals surface area contributed by atoms with Gasteiger partial charge >= 0.3 is 0 Å². The first-order valence-electron chi connectivity index (χ1n) is 6.73. The van der Waals surface area contributed by atoms with Crippen LogP contribution >= 0.6 is 46.5 Å². The Morgan fingerprint density at radius 3 is 2.68 bits per heavy atom. The fraction of sp³-hybridized carbons (Fsp3) is 0.357. The van der Waals surface area contributed by atoms with Crippen LogP contribution in [0.15, 0.2) is 32.9 Å². The van der Waals surface area contributed by atoms with Gasteiger partial charge in [-0.05, 0) is 24.3 Å². The molecule has 2 aromatic rings. The third-order valence-corrected chi connectivity index (χ3v) is 6.15. The summed E-state index contributed by atoms with van der Waals surface area (Å²) in [5.74, 6) is 1.24. The topological polar surface area (TPSA) is 54.9 Å². The fourth-order valence-corrected chi connectivity index (χ4v) is 4.78. The van der Waals surface area contributed by atoms with E-state index in [0.717, 1.165) is 20.0 Å². The quantitative estimate of drug-likeness (QED) is 0.734. The second-order valence-corrected chi connectivity index (χ2v) is 8.48. The van der Waals surface area contributed by atoms with E-state index in [2.05, 4.69) is 22.4 Å². The molecule has 4 nitrogen and oxygen atoms in total. The van der Waals surface area contributed by atoms with Crippen molar-refractivity contribution in [3.63, 3.8) is 0 Å². The maximum absolute atomic E-state index is 12.0. The van der Waals surface area contributed by atoms with Gasteiger partial charge in [0.1, 0.15) is 0 Å². The number of thioether (sulfide) groups is 2. The van der Waals surface area contributed by atoms with Crippen LogP contribution in [0.25, 0.3) is 0 Å². The molecule has 1 amide bonds. The predicted molar refractivity (Wildman–Crippen MR) is 95.0 cm³/mol. The lowest BCUT2D eigenvalue weighted by molar-refractivity contribution is -0.119. The maximum Gasteiger partial charge on any atom is 0.230 e. The van der Waals surface area contributed by atoms with E-state index in [1.54, 1.807) is 11.8 Å². The number of nitrogens with zero attached hydrogens (tertiary/aromatic N) is 2. The van der Waals surface area contributed by atoms with Gasteiger partial charge in [0.15, 0.2) is 8.68 Å². The highest BCUT2D eigenvalue weighted by atomic mass is 35.5. The zero-order chi connectivity index (χ0) is 15.9. The molecule has 0 fully saturated rings. The molecule has 0 aliphatic rings. The highest BCUT2D eigenvalue weighted by molar-refractivity contribution is 8.03. The minimum Gasteiger partial charge on any atom is -0.349 e. The van der Waals surface area contributed by atoms with Crippen molar-refractivity contribution in [1.29, 1.82) is 0 Å². The molecule has 1 heterocycles. The number of carbonyl (C=O) groups excluding carboxylic acids is 1. The van der Waals surface area contributed by atoms with Crippen molar-refractivity contribution in [2.75, 3.05) is 11.5 Å². The Morgan fingerprint density at radius 2 is 2.00 bits per heavy atom. The Labute approximate surface area is 147 Å². The molecule has 1 aromatic carbocycles. The van der Waals surface area contributed by atoms with E-state index in [9.17, 15) is 4.79 Å². The van der Waals surface area contributed by atoms with Crippen LogP contribution in [0.4, 0.5) is 0 Å². The summed E-state index contributed by atoms with van der Waals surface area (Å²) in [5.41, 5.74) is 0.917. The Bertz CT molecular complexity index is 635. The van der Waals surface area contributed by atoms with Crippen LogP contribution in [0.5, 0.6) is 0 Å². The summed E-state index contributed by atoms with van der Waals surface area (Å²) < 4.78 is 1.76. The number of hydrogen-bond acceptors (Lipinski definition) is 6. The molecule has 1 aromatic heterocycles. The lowest BCUT2D eigenvalue weighted by Crippen LogP contribution is -2.28. The van der Waals surface area contributed by atoms with E-state index in [4.69, 9.17) is 11.6 Å². The molecular weight excluding hydrogens is 358 g/mol. The molecule has 0 saturated carbocycles. The molecule has 8 heteroatoms. The van der Waals surface area contributed by atoms with Crippen molar-refractivity contribution in [2.45, 2.75) is 28.6 Å². The van der Waals surface area contributed by atoms with Crippen LogP contribution in [0.2, 0.25) is 5.02 Å². The average Bonchev–Trinajstić information content (AvgIpc) is 2.93. The van der Waals surface area contributed by atoms with Gasteiger partial charge in [0.25, 0.3) is 0 Å². The number of carbonyl (C=O) groups is 1. The maximum atomic E-state index is 12.0. The molecule has 0 aliphatic carbocycles. The summed E-state index contributed by atoms with van der Waals surface area (Å²) in [6, 6.07) is 7.40. The molecular formula is C14H16ClN3OS3. The van der Waals surface area contributed by atoms with E-state index in [1.165, 1.54) is 23.1 Å². The van der Waals surface area contributed by atoms with Crippen LogP contribution in [0.1, 0.15) is 25.5 Å². The molecule has 0 saturated heterocycles. The van der Waals surface area contributed by atoms with E-state index >= 15 is 0 Å². The van der Waals surface area contributed by atoms with Crippen LogP contribution < -0.4 is 5.32 Å². The van der Waals surface area contributed by atoms with E-state index < -0.39 is 0 Å². The third-order valence-electron chi connectivity index (χ3n) is 2.73. The fourth-order valence-electron chi connectivity index (χ4n) is 1.75. The monoisotopic (exact) mass is 373 g/mol. The summed E-state index contributed by atoms with van der Waals surface area (Å²) in [6.45, 7) is 3.99. The zero-order valence-corrected chi connectivity index (χ0v) is 15.4. The van der Waals surface area contributed by atoms with Crippen LogP contribution in [-0.4, -0.2) is 27.6 Å². The van der Waals surface area contributed by atoms with E-state index in [1.807, 2.05) is 31.2 Å². The second kappa shape index (κ2) is 8.76. The first-order chi connectivity index (χ1) is 10.6. The highest BCUT2D eigenvalue weighted by Crippen LogP contribution is 2.28. The number of halogens is 1. The summed E-state index contributed by atoms with van der Waals surface area (Å²) in [7, 11) is 0. The summed E-state index contributed by atoms with van der Waals surface area (Å²) in [4.78, 5) is 12.0. The minimum absolute atomic E-state index is 0.0442. The molecule has 0 spiro atoms. The number of rotatable bonds is 7. The number of benzene rings is 1. The van der Waals surface area contributed by atoms with Gasteiger partial charge < -0.3 is 5.32 Å². The summed E-state index contributed by atoms with van der Waals surface area (Å²) in [6.07, 6.45) is 0. The number of nitrogens with one attached hydrogen (secondary N) is 1. The molecule has 0 aliphatic heterocycles. The largest absolute Gasteiger partial charge is 0.349 e. The van der Waals surface area contributed by atoms with Crippen LogP contribution in [0, 0.1) is 0 Å². The smallest absolute Gasteiger partial charge is 0.230 e. The van der Waals surface area contributed by atoms with Gasteiger partial charge in [0, 0.05) is 5.02 Å². The molecule has 1 N–H and O–H groups in total. The van der Waals surface area contributed by atoms with Gasteiger partial charge in [0.05, 0.1) is 11.8 Å². The van der Waals surface area contributed by atoms with Crippen molar-refractivity contribution in [3.8, 4) is 0 Å². The summed E-state index contributed by atoms with van der Waals surface area (Å²) in [5, 5.41) is 11.7. The second-order valence-electron chi connectivity index (χ2n) is 4.37. The first kappa shape index (κ1) is 17.6. The molecule has 1 atom stereocenters.